The van der Waals surface area contributed by atoms with Crippen LogP contribution in [0.4, 0.5) is 17.2 Å². The highest BCUT2D eigenvalue weighted by Crippen LogP contribution is 2.22. The molecule has 26 heavy (non-hydrogen) atoms. The molecule has 0 fully saturated rings. The summed E-state index contributed by atoms with van der Waals surface area (Å²) >= 11 is 1.60. The van der Waals surface area contributed by atoms with Crippen LogP contribution >= 0.6 is 11.3 Å². The van der Waals surface area contributed by atoms with E-state index < -0.39 is 4.92 Å². The van der Waals surface area contributed by atoms with E-state index in [1.54, 1.807) is 24.3 Å². The highest BCUT2D eigenvalue weighted by atomic mass is 32.1. The molecular weight excluding hydrogens is 350 g/mol. The molecule has 1 aromatic carbocycles. The third-order valence-electron chi connectivity index (χ3n) is 3.85. The molecule has 134 valence electrons. The summed E-state index contributed by atoms with van der Waals surface area (Å²) < 4.78 is 0. The number of anilines is 2. The molecule has 8 heteroatoms. The van der Waals surface area contributed by atoms with Gasteiger partial charge >= 0.3 is 0 Å². The summed E-state index contributed by atoms with van der Waals surface area (Å²) in [6.45, 7) is 3.29. The van der Waals surface area contributed by atoms with Crippen molar-refractivity contribution in [2.75, 3.05) is 12.4 Å². The van der Waals surface area contributed by atoms with Gasteiger partial charge in [-0.1, -0.05) is 12.1 Å². The van der Waals surface area contributed by atoms with Gasteiger partial charge in [-0.15, -0.1) is 11.3 Å². The van der Waals surface area contributed by atoms with Crippen LogP contribution in [0.2, 0.25) is 0 Å². The minimum Gasteiger partial charge on any atom is -0.340 e. The third-order valence-corrected chi connectivity index (χ3v) is 4.48. The van der Waals surface area contributed by atoms with Crippen LogP contribution in [0.3, 0.4) is 0 Å². The fraction of sp³-hybridized carbons (Fsp3) is 0.222. The van der Waals surface area contributed by atoms with E-state index in [2.05, 4.69) is 44.7 Å². The maximum atomic E-state index is 10.9. The van der Waals surface area contributed by atoms with Crippen molar-refractivity contribution in [3.05, 3.63) is 74.4 Å². The largest absolute Gasteiger partial charge is 0.340 e. The molecular formula is C18H19N5O2S. The minimum absolute atomic E-state index is 0.0213. The summed E-state index contributed by atoms with van der Waals surface area (Å²) in [5, 5.41) is 16.1. The zero-order chi connectivity index (χ0) is 18.5. The Morgan fingerprint density at radius 3 is 2.81 bits per heavy atom. The summed E-state index contributed by atoms with van der Waals surface area (Å²) in [5.41, 5.74) is 5.56. The van der Waals surface area contributed by atoms with Gasteiger partial charge < -0.3 is 5.32 Å². The summed E-state index contributed by atoms with van der Waals surface area (Å²) in [4.78, 5) is 21.1. The molecule has 2 heterocycles. The van der Waals surface area contributed by atoms with Crippen LogP contribution in [0.1, 0.15) is 16.8 Å². The van der Waals surface area contributed by atoms with Crippen molar-refractivity contribution in [3.63, 3.8) is 0 Å². The Hall–Kier alpha value is -2.84. The van der Waals surface area contributed by atoms with Crippen molar-refractivity contribution >= 4 is 28.5 Å². The number of pyridine rings is 1. The van der Waals surface area contributed by atoms with Gasteiger partial charge in [0, 0.05) is 29.7 Å². The predicted octanol–water partition coefficient (Wildman–Crippen LogP) is 4.13. The second-order valence-electron chi connectivity index (χ2n) is 6.09. The molecule has 0 saturated heterocycles. The second-order valence-corrected chi connectivity index (χ2v) is 6.81. The number of benzene rings is 1. The maximum Gasteiger partial charge on any atom is 0.290 e. The number of thiazole rings is 1. The lowest BCUT2D eigenvalue weighted by Crippen LogP contribution is -2.17. The van der Waals surface area contributed by atoms with Gasteiger partial charge in [-0.05, 0) is 37.7 Å². The number of hydrogen-bond acceptors (Lipinski definition) is 7. The van der Waals surface area contributed by atoms with Gasteiger partial charge in [0.15, 0.2) is 0 Å². The zero-order valence-corrected chi connectivity index (χ0v) is 15.4. The quantitative estimate of drug-likeness (QED) is 0.498. The van der Waals surface area contributed by atoms with E-state index in [1.807, 2.05) is 17.6 Å². The van der Waals surface area contributed by atoms with E-state index in [0.29, 0.717) is 11.4 Å². The monoisotopic (exact) mass is 369 g/mol. The lowest BCUT2D eigenvalue weighted by molar-refractivity contribution is -0.385. The first-order chi connectivity index (χ1) is 12.5. The molecule has 0 unspecified atom stereocenters. The molecule has 3 aromatic rings. The van der Waals surface area contributed by atoms with Crippen LogP contribution in [0.25, 0.3) is 0 Å². The number of nitrogens with zero attached hydrogens (tertiary/aromatic N) is 4. The molecule has 0 radical (unpaired) electrons. The first-order valence-corrected chi connectivity index (χ1v) is 8.98. The van der Waals surface area contributed by atoms with Crippen LogP contribution in [0.15, 0.2) is 47.4 Å². The molecule has 0 aliphatic rings. The van der Waals surface area contributed by atoms with Gasteiger partial charge in [-0.2, -0.15) is 0 Å². The predicted molar refractivity (Wildman–Crippen MR) is 103 cm³/mol. The van der Waals surface area contributed by atoms with Gasteiger partial charge in [0.1, 0.15) is 12.0 Å². The fourth-order valence-electron chi connectivity index (χ4n) is 2.66. The zero-order valence-electron chi connectivity index (χ0n) is 14.5. The molecule has 1 N–H and O–H groups in total. The Bertz CT molecular complexity index is 898. The van der Waals surface area contributed by atoms with Gasteiger partial charge in [0.25, 0.3) is 5.69 Å². The Morgan fingerprint density at radius 2 is 2.12 bits per heavy atom. The number of rotatable bonds is 7. The second kappa shape index (κ2) is 8.03. The van der Waals surface area contributed by atoms with E-state index >= 15 is 0 Å². The van der Waals surface area contributed by atoms with E-state index in [4.69, 9.17) is 0 Å². The van der Waals surface area contributed by atoms with Crippen LogP contribution < -0.4 is 5.32 Å². The Kier molecular flexibility index (Phi) is 5.55. The lowest BCUT2D eigenvalue weighted by Gasteiger charge is -2.16. The average Bonchev–Trinajstić information content (AvgIpc) is 3.07. The molecule has 0 atom stereocenters. The van der Waals surface area contributed by atoms with E-state index in [1.165, 1.54) is 6.20 Å². The Labute approximate surface area is 155 Å². The van der Waals surface area contributed by atoms with Crippen molar-refractivity contribution in [3.8, 4) is 0 Å². The normalized spacial score (nSPS) is 10.9. The summed E-state index contributed by atoms with van der Waals surface area (Å²) in [6.07, 6.45) is 1.28. The van der Waals surface area contributed by atoms with E-state index in [9.17, 15) is 10.1 Å². The van der Waals surface area contributed by atoms with Crippen molar-refractivity contribution < 1.29 is 4.92 Å². The smallest absolute Gasteiger partial charge is 0.290 e. The van der Waals surface area contributed by atoms with Crippen molar-refractivity contribution in [2.45, 2.75) is 20.0 Å². The molecule has 2 aromatic heterocycles. The molecule has 0 aliphatic heterocycles. The summed E-state index contributed by atoms with van der Waals surface area (Å²) in [5.74, 6) is 0.584. The standard InChI is InChI=1S/C18H19N5O2S/c1-13-6-18(19-8-17(13)23(24)25)21-15-5-3-4-14(7-15)9-22(2)10-16-11-26-12-20-16/h3-8,11-12H,9-10H2,1-2H3,(H,19,21). The summed E-state index contributed by atoms with van der Waals surface area (Å²) in [6, 6.07) is 9.72. The fourth-order valence-corrected chi connectivity index (χ4v) is 3.21. The minimum atomic E-state index is -0.426. The molecule has 0 saturated carbocycles. The third kappa shape index (κ3) is 4.62. The van der Waals surface area contributed by atoms with E-state index in [-0.39, 0.29) is 5.69 Å². The Morgan fingerprint density at radius 1 is 1.27 bits per heavy atom. The molecule has 0 aliphatic carbocycles. The van der Waals surface area contributed by atoms with Crippen molar-refractivity contribution in [2.24, 2.45) is 0 Å². The summed E-state index contributed by atoms with van der Waals surface area (Å²) in [7, 11) is 2.06. The van der Waals surface area contributed by atoms with Crippen LogP contribution in [-0.4, -0.2) is 26.8 Å². The van der Waals surface area contributed by atoms with Crippen molar-refractivity contribution in [1.29, 1.82) is 0 Å². The highest BCUT2D eigenvalue weighted by molar-refractivity contribution is 7.07. The number of hydrogen-bond donors (Lipinski definition) is 1. The molecule has 3 rings (SSSR count). The van der Waals surface area contributed by atoms with Gasteiger partial charge in [-0.25, -0.2) is 9.97 Å². The maximum absolute atomic E-state index is 10.9. The van der Waals surface area contributed by atoms with Gasteiger partial charge in [0.05, 0.1) is 16.1 Å². The molecule has 0 spiro atoms. The SMILES string of the molecule is Cc1cc(Nc2cccc(CN(C)Cc3cscn3)c2)ncc1[N+](=O)[O-]. The first kappa shape index (κ1) is 18.0. The topological polar surface area (TPSA) is 84.2 Å². The van der Waals surface area contributed by atoms with Crippen LogP contribution in [0, 0.1) is 17.0 Å². The lowest BCUT2D eigenvalue weighted by atomic mass is 10.2. The molecule has 7 nitrogen and oxygen atoms in total. The highest BCUT2D eigenvalue weighted by Gasteiger charge is 2.11. The van der Waals surface area contributed by atoms with Crippen molar-refractivity contribution in [1.82, 2.24) is 14.9 Å². The van der Waals surface area contributed by atoms with Crippen LogP contribution in [0.5, 0.6) is 0 Å². The van der Waals surface area contributed by atoms with E-state index in [0.717, 1.165) is 30.0 Å². The number of nitrogens with one attached hydrogen (secondary N) is 1. The van der Waals surface area contributed by atoms with Crippen LogP contribution in [-0.2, 0) is 13.1 Å². The number of aromatic nitrogens is 2. The number of aryl methyl sites for hydroxylation is 1. The molecule has 0 amide bonds. The Balaban J connectivity index is 1.67. The molecule has 0 bridgehead atoms. The van der Waals surface area contributed by atoms with Gasteiger partial charge in [-0.3, -0.25) is 15.0 Å². The first-order valence-electron chi connectivity index (χ1n) is 8.04. The average molecular weight is 369 g/mol. The number of nitro groups is 1. The van der Waals surface area contributed by atoms with Gasteiger partial charge in [0.2, 0.25) is 0 Å².